The van der Waals surface area contributed by atoms with Gasteiger partial charge in [0.1, 0.15) is 0 Å². The molecule has 1 aromatic heterocycles. The van der Waals surface area contributed by atoms with Crippen LogP contribution in [-0.4, -0.2) is 5.91 Å². The first kappa shape index (κ1) is 15.7. The summed E-state index contributed by atoms with van der Waals surface area (Å²) in [6.45, 7) is 6.27. The van der Waals surface area contributed by atoms with E-state index < -0.39 is 0 Å². The van der Waals surface area contributed by atoms with Crippen LogP contribution in [0.15, 0.2) is 32.5 Å². The van der Waals surface area contributed by atoms with Gasteiger partial charge in [-0.2, -0.15) is 0 Å². The largest absolute Gasteiger partial charge is 0.321 e. The molecule has 0 radical (unpaired) electrons. The summed E-state index contributed by atoms with van der Waals surface area (Å²) >= 11 is 8.24. The molecule has 106 valence electrons. The quantitative estimate of drug-likeness (QED) is 0.657. The Bertz CT molecular complexity index is 630. The van der Waals surface area contributed by atoms with Gasteiger partial charge in [0.2, 0.25) is 0 Å². The average Bonchev–Trinajstić information content (AvgIpc) is 2.72. The van der Waals surface area contributed by atoms with Crippen molar-refractivity contribution < 1.29 is 4.79 Å². The minimum absolute atomic E-state index is 0.0717. The number of para-hydroxylation sites is 1. The monoisotopic (exact) mass is 415 g/mol. The molecule has 2 rings (SSSR count). The zero-order valence-electron chi connectivity index (χ0n) is 11.5. The second-order valence-corrected chi connectivity index (χ2v) is 8.10. The maximum Gasteiger partial charge on any atom is 0.265 e. The molecule has 2 aromatic rings. The van der Waals surface area contributed by atoms with Crippen LogP contribution in [0, 0.1) is 6.92 Å². The number of aryl methyl sites for hydroxylation is 1. The molecule has 1 heterocycles. The van der Waals surface area contributed by atoms with Crippen molar-refractivity contribution in [2.45, 2.75) is 26.7 Å². The van der Waals surface area contributed by atoms with Gasteiger partial charge in [0.25, 0.3) is 5.91 Å². The molecular formula is C15H15Br2NOS. The first-order valence-electron chi connectivity index (χ1n) is 6.26. The van der Waals surface area contributed by atoms with Crippen molar-refractivity contribution in [2.75, 3.05) is 5.32 Å². The highest BCUT2D eigenvalue weighted by molar-refractivity contribution is 9.13. The smallest absolute Gasteiger partial charge is 0.265 e. The number of thiophene rings is 1. The number of rotatable bonds is 3. The molecule has 0 spiro atoms. The van der Waals surface area contributed by atoms with Crippen LogP contribution in [0.2, 0.25) is 0 Å². The second-order valence-electron chi connectivity index (χ2n) is 4.88. The van der Waals surface area contributed by atoms with Crippen molar-refractivity contribution in [2.24, 2.45) is 0 Å². The van der Waals surface area contributed by atoms with Crippen LogP contribution in [0.3, 0.4) is 0 Å². The number of hydrogen-bond donors (Lipinski definition) is 1. The maximum atomic E-state index is 12.4. The van der Waals surface area contributed by atoms with Crippen LogP contribution >= 0.6 is 43.2 Å². The Morgan fingerprint density at radius 1 is 1.30 bits per heavy atom. The van der Waals surface area contributed by atoms with Crippen LogP contribution in [-0.2, 0) is 0 Å². The van der Waals surface area contributed by atoms with Gasteiger partial charge >= 0.3 is 0 Å². The van der Waals surface area contributed by atoms with Crippen molar-refractivity contribution in [3.05, 3.63) is 48.5 Å². The average molecular weight is 417 g/mol. The van der Waals surface area contributed by atoms with Crippen molar-refractivity contribution in [1.82, 2.24) is 0 Å². The Balaban J connectivity index is 2.32. The minimum Gasteiger partial charge on any atom is -0.321 e. The standard InChI is InChI=1S/C15H15Br2NOS/c1-8(2)10-6-4-5-9(3)13(10)18-15(19)12-7-11(16)14(17)20-12/h4-8H,1-3H3,(H,18,19). The highest BCUT2D eigenvalue weighted by Gasteiger charge is 2.16. The Hall–Kier alpha value is -0.650. The SMILES string of the molecule is Cc1cccc(C(C)C)c1NC(=O)c1cc(Br)c(Br)s1. The lowest BCUT2D eigenvalue weighted by Gasteiger charge is -2.16. The fourth-order valence-electron chi connectivity index (χ4n) is 1.98. The molecule has 0 atom stereocenters. The molecule has 0 aliphatic heterocycles. The summed E-state index contributed by atoms with van der Waals surface area (Å²) in [5.74, 6) is 0.296. The van der Waals surface area contributed by atoms with Gasteiger partial charge in [-0.1, -0.05) is 32.0 Å². The molecule has 0 fully saturated rings. The van der Waals surface area contributed by atoms with E-state index in [0.717, 1.165) is 25.1 Å². The molecular weight excluding hydrogens is 402 g/mol. The lowest BCUT2D eigenvalue weighted by molar-refractivity contribution is 0.103. The van der Waals surface area contributed by atoms with Gasteiger partial charge in [-0.25, -0.2) is 0 Å². The van der Waals surface area contributed by atoms with E-state index in [9.17, 15) is 4.79 Å². The van der Waals surface area contributed by atoms with Crippen LogP contribution in [0.5, 0.6) is 0 Å². The van der Waals surface area contributed by atoms with Crippen LogP contribution in [0.25, 0.3) is 0 Å². The third-order valence-corrected chi connectivity index (χ3v) is 6.29. The number of carbonyl (C=O) groups excluding carboxylic acids is 1. The number of hydrogen-bond acceptors (Lipinski definition) is 2. The fourth-order valence-corrected chi connectivity index (χ4v) is 3.91. The Morgan fingerprint density at radius 2 is 2.00 bits per heavy atom. The summed E-state index contributed by atoms with van der Waals surface area (Å²) in [5, 5.41) is 3.05. The molecule has 0 saturated heterocycles. The topological polar surface area (TPSA) is 29.1 Å². The van der Waals surface area contributed by atoms with E-state index in [1.54, 1.807) is 0 Å². The number of benzene rings is 1. The second kappa shape index (κ2) is 6.41. The van der Waals surface area contributed by atoms with Crippen LogP contribution in [0.4, 0.5) is 5.69 Å². The summed E-state index contributed by atoms with van der Waals surface area (Å²) in [4.78, 5) is 13.0. The van der Waals surface area contributed by atoms with E-state index in [-0.39, 0.29) is 5.91 Å². The van der Waals surface area contributed by atoms with E-state index in [0.29, 0.717) is 10.8 Å². The number of anilines is 1. The molecule has 1 N–H and O–H groups in total. The third kappa shape index (κ3) is 3.32. The van der Waals surface area contributed by atoms with Crippen LogP contribution < -0.4 is 5.32 Å². The summed E-state index contributed by atoms with van der Waals surface area (Å²) in [6.07, 6.45) is 0. The Labute approximate surface area is 139 Å². The number of nitrogens with one attached hydrogen (secondary N) is 1. The van der Waals surface area contributed by atoms with Crippen molar-refractivity contribution in [1.29, 1.82) is 0 Å². The van der Waals surface area contributed by atoms with Crippen LogP contribution in [0.1, 0.15) is 40.6 Å². The first-order valence-corrected chi connectivity index (χ1v) is 8.66. The normalized spacial score (nSPS) is 10.9. The van der Waals surface area contributed by atoms with Crippen molar-refractivity contribution in [3.8, 4) is 0 Å². The Morgan fingerprint density at radius 3 is 2.55 bits per heavy atom. The van der Waals surface area contributed by atoms with E-state index in [4.69, 9.17) is 0 Å². The highest BCUT2D eigenvalue weighted by atomic mass is 79.9. The summed E-state index contributed by atoms with van der Waals surface area (Å²) in [7, 11) is 0. The van der Waals surface area contributed by atoms with Crippen molar-refractivity contribution >= 4 is 54.8 Å². The molecule has 0 unspecified atom stereocenters. The summed E-state index contributed by atoms with van der Waals surface area (Å²) in [6, 6.07) is 7.94. The predicted molar refractivity (Wildman–Crippen MR) is 92.9 cm³/mol. The van der Waals surface area contributed by atoms with E-state index in [2.05, 4.69) is 57.1 Å². The number of carbonyl (C=O) groups is 1. The fraction of sp³-hybridized carbons (Fsp3) is 0.267. The van der Waals surface area contributed by atoms with Gasteiger partial charge in [0.05, 0.1) is 8.66 Å². The minimum atomic E-state index is -0.0717. The molecule has 1 amide bonds. The van der Waals surface area contributed by atoms with E-state index in [1.165, 1.54) is 11.3 Å². The Kier molecular flexibility index (Phi) is 5.04. The van der Waals surface area contributed by atoms with Crippen molar-refractivity contribution in [3.63, 3.8) is 0 Å². The molecule has 0 saturated carbocycles. The first-order chi connectivity index (χ1) is 9.40. The lowest BCUT2D eigenvalue weighted by Crippen LogP contribution is -2.13. The molecule has 0 aliphatic carbocycles. The zero-order valence-corrected chi connectivity index (χ0v) is 15.4. The molecule has 5 heteroatoms. The maximum absolute atomic E-state index is 12.4. The number of halogens is 2. The lowest BCUT2D eigenvalue weighted by atomic mass is 9.98. The van der Waals surface area contributed by atoms with Gasteiger partial charge in [0.15, 0.2) is 0 Å². The summed E-state index contributed by atoms with van der Waals surface area (Å²) in [5.41, 5.74) is 3.17. The molecule has 2 nitrogen and oxygen atoms in total. The summed E-state index contributed by atoms with van der Waals surface area (Å²) < 4.78 is 1.83. The highest BCUT2D eigenvalue weighted by Crippen LogP contribution is 2.34. The number of amides is 1. The predicted octanol–water partition coefficient (Wildman–Crippen LogP) is 5.96. The van der Waals surface area contributed by atoms with E-state index in [1.807, 2.05) is 25.1 Å². The van der Waals surface area contributed by atoms with Gasteiger partial charge in [0, 0.05) is 10.2 Å². The van der Waals surface area contributed by atoms with Gasteiger partial charge < -0.3 is 5.32 Å². The van der Waals surface area contributed by atoms with Gasteiger partial charge in [-0.15, -0.1) is 11.3 Å². The van der Waals surface area contributed by atoms with E-state index >= 15 is 0 Å². The zero-order chi connectivity index (χ0) is 14.9. The third-order valence-electron chi connectivity index (χ3n) is 3.03. The molecule has 20 heavy (non-hydrogen) atoms. The molecule has 0 bridgehead atoms. The van der Waals surface area contributed by atoms with Gasteiger partial charge in [-0.05, 0) is 61.9 Å². The molecule has 0 aliphatic rings. The molecule has 1 aromatic carbocycles. The van der Waals surface area contributed by atoms with Gasteiger partial charge in [-0.3, -0.25) is 4.79 Å².